The number of hydrogen-bond donors (Lipinski definition) is 2. The highest BCUT2D eigenvalue weighted by molar-refractivity contribution is 5.78. The van der Waals surface area contributed by atoms with E-state index in [-0.39, 0.29) is 19.1 Å². The highest BCUT2D eigenvalue weighted by Crippen LogP contribution is 2.03. The predicted molar refractivity (Wildman–Crippen MR) is 66.4 cm³/mol. The third kappa shape index (κ3) is 12.8. The van der Waals surface area contributed by atoms with Crippen LogP contribution in [0.25, 0.3) is 0 Å². The third-order valence-corrected chi connectivity index (χ3v) is 2.33. The normalized spacial score (nSPS) is 10.2. The standard InChI is InChI=1S/C12H24N2O3/c1-2-3-4-5-6-7-8-14-12(16)10-17-9-11(13)15/h2-10H2,1H3,(H2,13,15)(H,14,16). The number of carbonyl (C=O) groups excluding carboxylic acids is 2. The van der Waals surface area contributed by atoms with Gasteiger partial charge in [0.15, 0.2) is 0 Å². The van der Waals surface area contributed by atoms with Gasteiger partial charge in [-0.25, -0.2) is 0 Å². The molecule has 0 aliphatic carbocycles. The van der Waals surface area contributed by atoms with Gasteiger partial charge in [-0.1, -0.05) is 39.0 Å². The van der Waals surface area contributed by atoms with E-state index in [1.54, 1.807) is 0 Å². The first-order chi connectivity index (χ1) is 8.16. The molecule has 2 amide bonds. The number of ether oxygens (including phenoxy) is 1. The molecule has 0 aromatic heterocycles. The average molecular weight is 244 g/mol. The summed E-state index contributed by atoms with van der Waals surface area (Å²) in [4.78, 5) is 21.5. The molecule has 0 radical (unpaired) electrons. The van der Waals surface area contributed by atoms with Crippen molar-refractivity contribution in [2.75, 3.05) is 19.8 Å². The van der Waals surface area contributed by atoms with Gasteiger partial charge < -0.3 is 15.8 Å². The molecule has 0 fully saturated rings. The molecule has 0 saturated carbocycles. The van der Waals surface area contributed by atoms with E-state index < -0.39 is 5.91 Å². The number of unbranched alkanes of at least 4 members (excludes halogenated alkanes) is 5. The summed E-state index contributed by atoms with van der Waals surface area (Å²) >= 11 is 0. The van der Waals surface area contributed by atoms with Crippen molar-refractivity contribution in [2.45, 2.75) is 45.4 Å². The summed E-state index contributed by atoms with van der Waals surface area (Å²) in [5.41, 5.74) is 4.86. The van der Waals surface area contributed by atoms with Gasteiger partial charge in [0.05, 0.1) is 0 Å². The smallest absolute Gasteiger partial charge is 0.246 e. The fourth-order valence-electron chi connectivity index (χ4n) is 1.43. The van der Waals surface area contributed by atoms with Gasteiger partial charge in [0.1, 0.15) is 13.2 Å². The Bertz CT molecular complexity index is 220. The van der Waals surface area contributed by atoms with E-state index in [1.165, 1.54) is 25.7 Å². The third-order valence-electron chi connectivity index (χ3n) is 2.33. The second kappa shape index (κ2) is 11.4. The molecule has 0 unspecified atom stereocenters. The fraction of sp³-hybridized carbons (Fsp3) is 0.833. The minimum absolute atomic E-state index is 0.0984. The van der Waals surface area contributed by atoms with E-state index >= 15 is 0 Å². The van der Waals surface area contributed by atoms with E-state index in [4.69, 9.17) is 10.5 Å². The summed E-state index contributed by atoms with van der Waals surface area (Å²) in [7, 11) is 0. The zero-order valence-electron chi connectivity index (χ0n) is 10.7. The van der Waals surface area contributed by atoms with Gasteiger partial charge in [-0.05, 0) is 6.42 Å². The predicted octanol–water partition coefficient (Wildman–Crippen LogP) is 0.965. The number of carbonyl (C=O) groups is 2. The van der Waals surface area contributed by atoms with Crippen LogP contribution in [0.15, 0.2) is 0 Å². The molecule has 0 atom stereocenters. The topological polar surface area (TPSA) is 81.4 Å². The molecule has 0 aromatic carbocycles. The maximum absolute atomic E-state index is 11.2. The largest absolute Gasteiger partial charge is 0.368 e. The van der Waals surface area contributed by atoms with Crippen molar-refractivity contribution in [3.05, 3.63) is 0 Å². The van der Waals surface area contributed by atoms with Crippen LogP contribution in [-0.4, -0.2) is 31.6 Å². The Morgan fingerprint density at radius 1 is 1.06 bits per heavy atom. The molecular weight excluding hydrogens is 220 g/mol. The minimum Gasteiger partial charge on any atom is -0.368 e. The van der Waals surface area contributed by atoms with Crippen molar-refractivity contribution in [1.82, 2.24) is 5.32 Å². The van der Waals surface area contributed by atoms with Crippen LogP contribution in [0.2, 0.25) is 0 Å². The van der Waals surface area contributed by atoms with Crippen LogP contribution >= 0.6 is 0 Å². The summed E-state index contributed by atoms with van der Waals surface area (Å²) in [6.45, 7) is 2.56. The lowest BCUT2D eigenvalue weighted by Crippen LogP contribution is -2.30. The molecule has 5 heteroatoms. The van der Waals surface area contributed by atoms with E-state index in [0.29, 0.717) is 6.54 Å². The van der Waals surface area contributed by atoms with Gasteiger partial charge >= 0.3 is 0 Å². The van der Waals surface area contributed by atoms with Crippen molar-refractivity contribution >= 4 is 11.8 Å². The quantitative estimate of drug-likeness (QED) is 0.531. The van der Waals surface area contributed by atoms with Gasteiger partial charge in [0, 0.05) is 6.54 Å². The number of hydrogen-bond acceptors (Lipinski definition) is 3. The molecule has 0 spiro atoms. The van der Waals surface area contributed by atoms with E-state index in [1.807, 2.05) is 0 Å². The Morgan fingerprint density at radius 2 is 1.71 bits per heavy atom. The van der Waals surface area contributed by atoms with Crippen molar-refractivity contribution in [3.8, 4) is 0 Å². The molecule has 5 nitrogen and oxygen atoms in total. The molecule has 0 heterocycles. The first kappa shape index (κ1) is 15.9. The first-order valence-electron chi connectivity index (χ1n) is 6.29. The number of nitrogens with two attached hydrogens (primary N) is 1. The first-order valence-corrected chi connectivity index (χ1v) is 6.29. The Labute approximate surface area is 103 Å². The van der Waals surface area contributed by atoms with Crippen molar-refractivity contribution in [3.63, 3.8) is 0 Å². The number of primary amides is 1. The van der Waals surface area contributed by atoms with Crippen LogP contribution in [0.5, 0.6) is 0 Å². The molecule has 0 aliphatic rings. The molecule has 0 saturated heterocycles. The van der Waals surface area contributed by atoms with Crippen LogP contribution in [0, 0.1) is 0 Å². The highest BCUT2D eigenvalue weighted by atomic mass is 16.5. The van der Waals surface area contributed by atoms with Gasteiger partial charge in [-0.15, -0.1) is 0 Å². The van der Waals surface area contributed by atoms with Crippen molar-refractivity contribution in [1.29, 1.82) is 0 Å². The lowest BCUT2D eigenvalue weighted by atomic mass is 10.1. The second-order valence-electron chi connectivity index (χ2n) is 4.08. The molecule has 0 aromatic rings. The monoisotopic (exact) mass is 244 g/mol. The Hall–Kier alpha value is -1.10. The summed E-state index contributed by atoms with van der Waals surface area (Å²) in [6.07, 6.45) is 7.16. The molecule has 100 valence electrons. The average Bonchev–Trinajstić information content (AvgIpc) is 2.27. The van der Waals surface area contributed by atoms with E-state index in [9.17, 15) is 9.59 Å². The maximum atomic E-state index is 11.2. The van der Waals surface area contributed by atoms with Crippen LogP contribution in [-0.2, 0) is 14.3 Å². The molecule has 0 bridgehead atoms. The summed E-state index contributed by atoms with van der Waals surface area (Å²) in [5, 5.41) is 2.73. The fourth-order valence-corrected chi connectivity index (χ4v) is 1.43. The number of rotatable bonds is 11. The highest BCUT2D eigenvalue weighted by Gasteiger charge is 2.01. The maximum Gasteiger partial charge on any atom is 0.246 e. The zero-order valence-corrected chi connectivity index (χ0v) is 10.7. The van der Waals surface area contributed by atoms with Crippen LogP contribution < -0.4 is 11.1 Å². The lowest BCUT2D eigenvalue weighted by molar-refractivity contribution is -0.129. The molecule has 0 rings (SSSR count). The Morgan fingerprint density at radius 3 is 2.35 bits per heavy atom. The van der Waals surface area contributed by atoms with Gasteiger partial charge in [-0.3, -0.25) is 9.59 Å². The second-order valence-corrected chi connectivity index (χ2v) is 4.08. The Kier molecular flexibility index (Phi) is 10.7. The van der Waals surface area contributed by atoms with Crippen LogP contribution in [0.1, 0.15) is 45.4 Å². The van der Waals surface area contributed by atoms with Crippen LogP contribution in [0.3, 0.4) is 0 Å². The van der Waals surface area contributed by atoms with Gasteiger partial charge in [0.25, 0.3) is 0 Å². The molecular formula is C12H24N2O3. The van der Waals surface area contributed by atoms with Gasteiger partial charge in [0.2, 0.25) is 11.8 Å². The molecule has 0 aliphatic heterocycles. The minimum atomic E-state index is -0.561. The zero-order chi connectivity index (χ0) is 12.9. The van der Waals surface area contributed by atoms with E-state index in [0.717, 1.165) is 12.8 Å². The van der Waals surface area contributed by atoms with Crippen LogP contribution in [0.4, 0.5) is 0 Å². The summed E-state index contributed by atoms with van der Waals surface area (Å²) in [6, 6.07) is 0. The number of nitrogens with one attached hydrogen (secondary N) is 1. The SMILES string of the molecule is CCCCCCCCNC(=O)COCC(N)=O. The lowest BCUT2D eigenvalue weighted by Gasteiger charge is -2.05. The summed E-state index contributed by atoms with van der Waals surface area (Å²) in [5.74, 6) is -0.756. The summed E-state index contributed by atoms with van der Waals surface area (Å²) < 4.78 is 4.78. The van der Waals surface area contributed by atoms with Crippen molar-refractivity contribution < 1.29 is 14.3 Å². The molecule has 17 heavy (non-hydrogen) atoms. The van der Waals surface area contributed by atoms with Gasteiger partial charge in [-0.2, -0.15) is 0 Å². The van der Waals surface area contributed by atoms with E-state index in [2.05, 4.69) is 12.2 Å². The Balaban J connectivity index is 3.19. The van der Waals surface area contributed by atoms with Crippen molar-refractivity contribution in [2.24, 2.45) is 5.73 Å². The molecule has 3 N–H and O–H groups in total. The number of amides is 2.